The lowest BCUT2D eigenvalue weighted by molar-refractivity contribution is 0.479. The summed E-state index contributed by atoms with van der Waals surface area (Å²) in [6, 6.07) is 22.9. The Morgan fingerprint density at radius 3 is 2.23 bits per heavy atom. The Labute approximate surface area is 186 Å². The lowest BCUT2D eigenvalue weighted by Gasteiger charge is -2.36. The van der Waals surface area contributed by atoms with E-state index in [0.717, 1.165) is 16.7 Å². The summed E-state index contributed by atoms with van der Waals surface area (Å²) in [5.41, 5.74) is 3.22. The maximum atomic E-state index is 13.5. The molecule has 0 radical (unpaired) electrons. The molecule has 30 heavy (non-hydrogen) atoms. The van der Waals surface area contributed by atoms with Crippen molar-refractivity contribution in [2.45, 2.75) is 17.9 Å². The summed E-state index contributed by atoms with van der Waals surface area (Å²) in [7, 11) is -3.89. The highest BCUT2D eigenvalue weighted by molar-refractivity contribution is 7.91. The van der Waals surface area contributed by atoms with Crippen LogP contribution in [0.1, 0.15) is 22.7 Å². The highest BCUT2D eigenvalue weighted by atomic mass is 35.5. The largest absolute Gasteiger partial charge is 0.331 e. The van der Waals surface area contributed by atoms with Gasteiger partial charge >= 0.3 is 0 Å². The van der Waals surface area contributed by atoms with Crippen molar-refractivity contribution < 1.29 is 8.42 Å². The Morgan fingerprint density at radius 2 is 1.57 bits per heavy atom. The van der Waals surface area contributed by atoms with E-state index >= 15 is 0 Å². The first-order valence-corrected chi connectivity index (χ1v) is 11.5. The maximum absolute atomic E-state index is 13.5. The van der Waals surface area contributed by atoms with E-state index in [9.17, 15) is 8.42 Å². The van der Waals surface area contributed by atoms with Crippen molar-refractivity contribution in [3.05, 3.63) is 107 Å². The number of aryl methyl sites for hydroxylation is 1. The summed E-state index contributed by atoms with van der Waals surface area (Å²) in [6.07, 6.45) is 1.85. The SMILES string of the molecule is Cc1ccc(S(=O)(=O)N2C(=S)NC(c3ccccc3Cl)=C[C@@H]2c2ccccc2)cc1. The summed E-state index contributed by atoms with van der Waals surface area (Å²) < 4.78 is 28.3. The fourth-order valence-electron chi connectivity index (χ4n) is 3.36. The minimum absolute atomic E-state index is 0.0989. The molecule has 3 aromatic carbocycles. The first kappa shape index (κ1) is 20.6. The quantitative estimate of drug-likeness (QED) is 0.543. The molecule has 1 atom stereocenters. The van der Waals surface area contributed by atoms with Crippen molar-refractivity contribution in [1.82, 2.24) is 9.62 Å². The fraction of sp³-hybridized carbons (Fsp3) is 0.0870. The number of hydrogen-bond donors (Lipinski definition) is 1. The molecule has 7 heteroatoms. The van der Waals surface area contributed by atoms with Crippen molar-refractivity contribution in [3.8, 4) is 0 Å². The molecule has 4 nitrogen and oxygen atoms in total. The van der Waals surface area contributed by atoms with Crippen LogP contribution in [0.5, 0.6) is 0 Å². The van der Waals surface area contributed by atoms with Gasteiger partial charge in [0.05, 0.1) is 10.9 Å². The lowest BCUT2D eigenvalue weighted by atomic mass is 10.0. The second-order valence-corrected chi connectivity index (χ2v) is 9.57. The Kier molecular flexibility index (Phi) is 5.64. The van der Waals surface area contributed by atoms with Crippen molar-refractivity contribution in [2.24, 2.45) is 0 Å². The van der Waals surface area contributed by atoms with Gasteiger partial charge in [-0.15, -0.1) is 0 Å². The standard InChI is InChI=1S/C23H19ClN2O2S2/c1-16-11-13-18(14-12-16)30(27,28)26-22(17-7-3-2-4-8-17)15-21(25-23(26)29)19-9-5-6-10-20(19)24/h2-15,22H,1H3,(H,25,29)/t22-/m1/s1. The topological polar surface area (TPSA) is 49.4 Å². The molecule has 1 N–H and O–H groups in total. The highest BCUT2D eigenvalue weighted by Crippen LogP contribution is 2.36. The minimum Gasteiger partial charge on any atom is -0.331 e. The predicted molar refractivity (Wildman–Crippen MR) is 125 cm³/mol. The molecule has 0 saturated heterocycles. The van der Waals surface area contributed by atoms with E-state index in [0.29, 0.717) is 10.7 Å². The summed E-state index contributed by atoms with van der Waals surface area (Å²) in [5, 5.41) is 3.72. The van der Waals surface area contributed by atoms with E-state index in [1.54, 1.807) is 30.3 Å². The Hall–Kier alpha value is -2.67. The van der Waals surface area contributed by atoms with Crippen LogP contribution in [0.25, 0.3) is 5.70 Å². The van der Waals surface area contributed by atoms with E-state index in [1.165, 1.54) is 4.31 Å². The van der Waals surface area contributed by atoms with Crippen LogP contribution in [0.15, 0.2) is 89.8 Å². The minimum atomic E-state index is -3.89. The molecule has 0 saturated carbocycles. The van der Waals surface area contributed by atoms with Gasteiger partial charge in [-0.25, -0.2) is 12.7 Å². The smallest absolute Gasteiger partial charge is 0.266 e. The summed E-state index contributed by atoms with van der Waals surface area (Å²) in [4.78, 5) is 0.188. The third kappa shape index (κ3) is 3.86. The molecule has 0 unspecified atom stereocenters. The number of rotatable bonds is 4. The lowest BCUT2D eigenvalue weighted by Crippen LogP contribution is -2.47. The number of nitrogens with zero attached hydrogens (tertiary/aromatic N) is 1. The molecular formula is C23H19ClN2O2S2. The van der Waals surface area contributed by atoms with E-state index in [2.05, 4.69) is 5.32 Å². The molecule has 0 fully saturated rings. The second-order valence-electron chi connectivity index (χ2n) is 6.96. The maximum Gasteiger partial charge on any atom is 0.266 e. The molecule has 3 aromatic rings. The Balaban J connectivity index is 1.87. The van der Waals surface area contributed by atoms with Crippen molar-refractivity contribution in [2.75, 3.05) is 0 Å². The summed E-state index contributed by atoms with van der Waals surface area (Å²) in [5.74, 6) is 0. The molecule has 1 heterocycles. The van der Waals surface area contributed by atoms with Gasteiger partial charge in [0.1, 0.15) is 0 Å². The van der Waals surface area contributed by atoms with Crippen LogP contribution in [-0.2, 0) is 10.0 Å². The molecule has 1 aliphatic heterocycles. The number of thiocarbonyl (C=S) groups is 1. The van der Waals surface area contributed by atoms with Gasteiger partial charge in [0, 0.05) is 16.3 Å². The van der Waals surface area contributed by atoms with Crippen molar-refractivity contribution >= 4 is 44.7 Å². The van der Waals surface area contributed by atoms with E-state index in [4.69, 9.17) is 23.8 Å². The molecular weight excluding hydrogens is 436 g/mol. The van der Waals surface area contributed by atoms with Crippen LogP contribution >= 0.6 is 23.8 Å². The van der Waals surface area contributed by atoms with Gasteiger partial charge in [-0.1, -0.05) is 77.8 Å². The molecule has 0 bridgehead atoms. The average Bonchev–Trinajstić information content (AvgIpc) is 2.74. The van der Waals surface area contributed by atoms with Gasteiger partial charge in [0.2, 0.25) is 0 Å². The molecule has 4 rings (SSSR count). The number of benzene rings is 3. The van der Waals surface area contributed by atoms with Crippen LogP contribution < -0.4 is 5.32 Å². The third-order valence-electron chi connectivity index (χ3n) is 4.90. The zero-order valence-corrected chi connectivity index (χ0v) is 18.5. The van der Waals surface area contributed by atoms with Gasteiger partial charge in [-0.3, -0.25) is 0 Å². The molecule has 0 aromatic heterocycles. The molecule has 152 valence electrons. The van der Waals surface area contributed by atoms with E-state index in [1.807, 2.05) is 61.5 Å². The second kappa shape index (κ2) is 8.22. The van der Waals surface area contributed by atoms with E-state index < -0.39 is 16.1 Å². The Morgan fingerprint density at radius 1 is 0.933 bits per heavy atom. The normalized spacial score (nSPS) is 16.7. The van der Waals surface area contributed by atoms with Crippen LogP contribution in [0.2, 0.25) is 5.02 Å². The molecule has 1 aliphatic rings. The zero-order chi connectivity index (χ0) is 21.3. The third-order valence-corrected chi connectivity index (χ3v) is 7.44. The first-order valence-electron chi connectivity index (χ1n) is 9.32. The predicted octanol–water partition coefficient (Wildman–Crippen LogP) is 5.31. The van der Waals surface area contributed by atoms with Gasteiger partial charge in [0.25, 0.3) is 10.0 Å². The van der Waals surface area contributed by atoms with Gasteiger partial charge in [-0.05, 0) is 49.0 Å². The highest BCUT2D eigenvalue weighted by Gasteiger charge is 2.37. The van der Waals surface area contributed by atoms with Crippen molar-refractivity contribution in [1.29, 1.82) is 0 Å². The number of hydrogen-bond acceptors (Lipinski definition) is 3. The van der Waals surface area contributed by atoms with Crippen LogP contribution in [-0.4, -0.2) is 17.8 Å². The average molecular weight is 455 g/mol. The Bertz CT molecular complexity index is 1220. The zero-order valence-electron chi connectivity index (χ0n) is 16.1. The monoisotopic (exact) mass is 454 g/mol. The van der Waals surface area contributed by atoms with Gasteiger partial charge < -0.3 is 5.32 Å². The number of halogens is 1. The number of nitrogens with one attached hydrogen (secondary N) is 1. The van der Waals surface area contributed by atoms with Crippen LogP contribution in [0, 0.1) is 6.92 Å². The van der Waals surface area contributed by atoms with E-state index in [-0.39, 0.29) is 10.0 Å². The fourth-order valence-corrected chi connectivity index (χ4v) is 5.57. The summed E-state index contributed by atoms with van der Waals surface area (Å²) >= 11 is 11.9. The number of sulfonamides is 1. The molecule has 0 aliphatic carbocycles. The van der Waals surface area contributed by atoms with Gasteiger partial charge in [0.15, 0.2) is 5.11 Å². The van der Waals surface area contributed by atoms with Crippen molar-refractivity contribution in [3.63, 3.8) is 0 Å². The van der Waals surface area contributed by atoms with Gasteiger partial charge in [-0.2, -0.15) is 0 Å². The molecule has 0 amide bonds. The molecule has 0 spiro atoms. The van der Waals surface area contributed by atoms with Crippen LogP contribution in [0.4, 0.5) is 0 Å². The van der Waals surface area contributed by atoms with Crippen LogP contribution in [0.3, 0.4) is 0 Å². The summed E-state index contributed by atoms with van der Waals surface area (Å²) in [6.45, 7) is 1.91. The first-order chi connectivity index (χ1) is 14.4.